The second-order valence-electron chi connectivity index (χ2n) is 8.30. The predicted octanol–water partition coefficient (Wildman–Crippen LogP) is 4.19. The summed E-state index contributed by atoms with van der Waals surface area (Å²) in [5, 5.41) is 0.341. The van der Waals surface area contributed by atoms with E-state index in [-0.39, 0.29) is 42.2 Å². The first-order valence-corrected chi connectivity index (χ1v) is 12.0. The molecule has 0 spiro atoms. The summed E-state index contributed by atoms with van der Waals surface area (Å²) in [6, 6.07) is 13.4. The Morgan fingerprint density at radius 1 is 0.944 bits per heavy atom. The molecule has 2 heterocycles. The first-order valence-electron chi connectivity index (χ1n) is 11.6. The normalized spacial score (nSPS) is 19.2. The van der Waals surface area contributed by atoms with Crippen molar-refractivity contribution < 1.29 is 28.7 Å². The highest BCUT2D eigenvalue weighted by atomic mass is 35.5. The number of carbonyl (C=O) groups excluding carboxylic acids is 4. The van der Waals surface area contributed by atoms with Gasteiger partial charge in [0.05, 0.1) is 42.2 Å². The minimum Gasteiger partial charge on any atom is -0.465 e. The van der Waals surface area contributed by atoms with Gasteiger partial charge in [-0.1, -0.05) is 41.9 Å². The number of hydrogen-bond acceptors (Lipinski definition) is 7. The third-order valence-electron chi connectivity index (χ3n) is 6.18. The number of benzene rings is 2. The number of fused-ring (bicyclic) bond motifs is 1. The zero-order chi connectivity index (χ0) is 26.0. The zero-order valence-electron chi connectivity index (χ0n) is 20.1. The summed E-state index contributed by atoms with van der Waals surface area (Å²) in [6.45, 7) is 4.94. The molecular weight excluding hydrogens is 484 g/mol. The highest BCUT2D eigenvalue weighted by Gasteiger charge is 2.45. The van der Waals surface area contributed by atoms with Gasteiger partial charge in [0.1, 0.15) is 5.92 Å². The molecular formula is C27H25ClN2O6. The van der Waals surface area contributed by atoms with Crippen LogP contribution >= 0.6 is 11.6 Å². The van der Waals surface area contributed by atoms with Gasteiger partial charge in [-0.05, 0) is 44.5 Å². The summed E-state index contributed by atoms with van der Waals surface area (Å²) >= 11 is 6.54. The Morgan fingerprint density at radius 2 is 1.53 bits per heavy atom. The van der Waals surface area contributed by atoms with Crippen molar-refractivity contribution in [2.24, 2.45) is 10.9 Å². The molecule has 36 heavy (non-hydrogen) atoms. The third-order valence-corrected chi connectivity index (χ3v) is 6.52. The van der Waals surface area contributed by atoms with Gasteiger partial charge in [-0.15, -0.1) is 0 Å². The number of amides is 2. The van der Waals surface area contributed by atoms with Crippen LogP contribution in [0.15, 0.2) is 64.8 Å². The molecule has 2 atom stereocenters. The lowest BCUT2D eigenvalue weighted by molar-refractivity contribution is -0.146. The predicted molar refractivity (Wildman–Crippen MR) is 133 cm³/mol. The summed E-state index contributed by atoms with van der Waals surface area (Å²) in [6.07, 6.45) is 0. The van der Waals surface area contributed by atoms with E-state index in [0.29, 0.717) is 16.3 Å². The van der Waals surface area contributed by atoms with Crippen molar-refractivity contribution in [2.45, 2.75) is 26.7 Å². The highest BCUT2D eigenvalue weighted by Crippen LogP contribution is 2.43. The number of ether oxygens (including phenoxy) is 2. The van der Waals surface area contributed by atoms with E-state index in [0.717, 1.165) is 4.90 Å². The lowest BCUT2D eigenvalue weighted by Crippen LogP contribution is -2.39. The number of rotatable bonds is 7. The molecule has 0 aromatic heterocycles. The van der Waals surface area contributed by atoms with E-state index in [2.05, 4.69) is 4.99 Å². The molecule has 2 aromatic carbocycles. The van der Waals surface area contributed by atoms with Crippen LogP contribution < -0.4 is 0 Å². The van der Waals surface area contributed by atoms with Gasteiger partial charge in [0.2, 0.25) is 0 Å². The highest BCUT2D eigenvalue weighted by molar-refractivity contribution is 6.31. The Hall–Kier alpha value is -3.78. The van der Waals surface area contributed by atoms with Crippen LogP contribution in [0.5, 0.6) is 0 Å². The van der Waals surface area contributed by atoms with Crippen LogP contribution in [0.4, 0.5) is 0 Å². The molecule has 0 bridgehead atoms. The summed E-state index contributed by atoms with van der Waals surface area (Å²) < 4.78 is 10.7. The van der Waals surface area contributed by atoms with Crippen molar-refractivity contribution in [3.05, 3.63) is 81.5 Å². The average Bonchev–Trinajstić information content (AvgIpc) is 3.09. The molecule has 0 saturated heterocycles. The minimum atomic E-state index is -0.949. The molecule has 186 valence electrons. The van der Waals surface area contributed by atoms with Crippen LogP contribution in [0.1, 0.15) is 53.0 Å². The quantitative estimate of drug-likeness (QED) is 0.410. The average molecular weight is 509 g/mol. The summed E-state index contributed by atoms with van der Waals surface area (Å²) in [5.41, 5.74) is 1.66. The second-order valence-corrected chi connectivity index (χ2v) is 8.71. The van der Waals surface area contributed by atoms with Gasteiger partial charge in [0, 0.05) is 16.7 Å². The number of carbonyl (C=O) groups is 4. The number of imide groups is 1. The molecule has 0 fully saturated rings. The fourth-order valence-corrected chi connectivity index (χ4v) is 4.89. The van der Waals surface area contributed by atoms with Gasteiger partial charge >= 0.3 is 11.9 Å². The molecule has 2 aromatic rings. The maximum atomic E-state index is 13.4. The molecule has 4 rings (SSSR count). The molecule has 2 amide bonds. The molecule has 2 aliphatic heterocycles. The van der Waals surface area contributed by atoms with Gasteiger partial charge in [-0.25, -0.2) is 4.79 Å². The topological polar surface area (TPSA) is 102 Å². The zero-order valence-corrected chi connectivity index (χ0v) is 20.9. The fraction of sp³-hybridized carbons (Fsp3) is 0.296. The largest absolute Gasteiger partial charge is 0.465 e. The Balaban J connectivity index is 1.88. The first-order chi connectivity index (χ1) is 17.3. The molecule has 8 nitrogen and oxygen atoms in total. The lowest BCUT2D eigenvalue weighted by Gasteiger charge is -2.33. The summed E-state index contributed by atoms with van der Waals surface area (Å²) in [5.74, 6) is -4.08. The van der Waals surface area contributed by atoms with E-state index >= 15 is 0 Å². The summed E-state index contributed by atoms with van der Waals surface area (Å²) in [7, 11) is 0. The molecule has 9 heteroatoms. The van der Waals surface area contributed by atoms with Crippen molar-refractivity contribution in [3.8, 4) is 0 Å². The Labute approximate surface area is 213 Å². The lowest BCUT2D eigenvalue weighted by atomic mass is 9.75. The van der Waals surface area contributed by atoms with Gasteiger partial charge in [0.15, 0.2) is 0 Å². The molecule has 2 unspecified atom stereocenters. The van der Waals surface area contributed by atoms with Gasteiger partial charge < -0.3 is 9.47 Å². The number of nitrogens with zero attached hydrogens (tertiary/aromatic N) is 2. The van der Waals surface area contributed by atoms with Crippen LogP contribution in [0, 0.1) is 5.92 Å². The van der Waals surface area contributed by atoms with Crippen LogP contribution in [0.2, 0.25) is 5.02 Å². The van der Waals surface area contributed by atoms with Crippen molar-refractivity contribution >= 4 is 41.1 Å². The van der Waals surface area contributed by atoms with Crippen molar-refractivity contribution in [1.29, 1.82) is 0 Å². The van der Waals surface area contributed by atoms with Gasteiger partial charge in [0.25, 0.3) is 11.8 Å². The van der Waals surface area contributed by atoms with Crippen LogP contribution in [0.25, 0.3) is 0 Å². The number of halogens is 1. The van der Waals surface area contributed by atoms with Gasteiger partial charge in [-0.2, -0.15) is 0 Å². The number of aliphatic imine (C=N–C) groups is 1. The molecule has 0 N–H and O–H groups in total. The van der Waals surface area contributed by atoms with Crippen molar-refractivity contribution in [2.75, 3.05) is 19.8 Å². The maximum Gasteiger partial charge on any atom is 0.336 e. The van der Waals surface area contributed by atoms with E-state index in [1.807, 2.05) is 0 Å². The molecule has 2 aliphatic rings. The number of esters is 2. The van der Waals surface area contributed by atoms with E-state index in [9.17, 15) is 19.2 Å². The van der Waals surface area contributed by atoms with E-state index < -0.39 is 35.6 Å². The molecule has 0 saturated carbocycles. The summed E-state index contributed by atoms with van der Waals surface area (Å²) in [4.78, 5) is 58.2. The smallest absolute Gasteiger partial charge is 0.336 e. The number of hydrogen-bond donors (Lipinski definition) is 0. The Morgan fingerprint density at radius 3 is 2.11 bits per heavy atom. The standard InChI is InChI=1S/C27H25ClN2O6/c1-4-35-26(33)21-15(3)29-20(14-30-24(31)16-10-6-7-11-17(16)25(30)32)23(27(34)36-5-2)22(21)18-12-8-9-13-19(18)28/h6-13,21-22H,4-5,14H2,1-3H3. The Kier molecular flexibility index (Phi) is 7.35. The second kappa shape index (κ2) is 10.5. The van der Waals surface area contributed by atoms with E-state index in [1.165, 1.54) is 0 Å². The monoisotopic (exact) mass is 508 g/mol. The van der Waals surface area contributed by atoms with Crippen molar-refractivity contribution in [1.82, 2.24) is 4.90 Å². The molecule has 0 aliphatic carbocycles. The van der Waals surface area contributed by atoms with Gasteiger partial charge in [-0.3, -0.25) is 24.3 Å². The SMILES string of the molecule is CCOC(=O)C1=C(CN2C(=O)c3ccccc3C2=O)N=C(C)C(C(=O)OCC)C1c1ccccc1Cl. The molecule has 0 radical (unpaired) electrons. The van der Waals surface area contributed by atoms with E-state index in [4.69, 9.17) is 21.1 Å². The van der Waals surface area contributed by atoms with Crippen LogP contribution in [0.3, 0.4) is 0 Å². The van der Waals surface area contributed by atoms with E-state index in [1.54, 1.807) is 69.3 Å². The van der Waals surface area contributed by atoms with Crippen LogP contribution in [-0.4, -0.2) is 54.1 Å². The Bertz CT molecular complexity index is 1280. The third kappa shape index (κ3) is 4.44. The minimum absolute atomic E-state index is 0.0603. The first kappa shape index (κ1) is 25.3. The fourth-order valence-electron chi connectivity index (χ4n) is 4.64. The van der Waals surface area contributed by atoms with Crippen molar-refractivity contribution in [3.63, 3.8) is 0 Å². The van der Waals surface area contributed by atoms with Crippen LogP contribution in [-0.2, 0) is 19.1 Å². The maximum absolute atomic E-state index is 13.4.